The maximum absolute atomic E-state index is 12.5. The molecule has 1 aliphatic rings. The van der Waals surface area contributed by atoms with Gasteiger partial charge in [-0.2, -0.15) is 0 Å². The van der Waals surface area contributed by atoms with Gasteiger partial charge in [-0.05, 0) is 34.1 Å². The lowest BCUT2D eigenvalue weighted by molar-refractivity contribution is 0.0295. The van der Waals surface area contributed by atoms with E-state index in [1.165, 1.54) is 0 Å². The van der Waals surface area contributed by atoms with Gasteiger partial charge >= 0.3 is 6.09 Å². The molecule has 0 bridgehead atoms. The first kappa shape index (κ1) is 17.1. The SMILES string of the molecule is Cc1cnc(S(=O)[C@@H]2CCN(C(=O)OC(C)(C)C)C2)nc1Cl. The van der Waals surface area contributed by atoms with E-state index in [1.54, 1.807) is 18.0 Å². The van der Waals surface area contributed by atoms with Crippen molar-refractivity contribution < 1.29 is 13.7 Å². The number of hydrogen-bond donors (Lipinski definition) is 0. The number of rotatable bonds is 2. The Morgan fingerprint density at radius 3 is 2.77 bits per heavy atom. The first-order chi connectivity index (χ1) is 10.2. The van der Waals surface area contributed by atoms with Gasteiger partial charge in [0.25, 0.3) is 0 Å². The highest BCUT2D eigenvalue weighted by atomic mass is 35.5. The fourth-order valence-electron chi connectivity index (χ4n) is 2.05. The van der Waals surface area contributed by atoms with Crippen LogP contribution in [0.25, 0.3) is 0 Å². The van der Waals surface area contributed by atoms with E-state index in [-0.39, 0.29) is 16.5 Å². The third-order valence-electron chi connectivity index (χ3n) is 3.17. The van der Waals surface area contributed by atoms with Gasteiger partial charge in [0.05, 0.1) is 16.0 Å². The summed E-state index contributed by atoms with van der Waals surface area (Å²) in [6, 6.07) is 0. The maximum atomic E-state index is 12.5. The van der Waals surface area contributed by atoms with Gasteiger partial charge in [0, 0.05) is 24.8 Å². The molecule has 2 rings (SSSR count). The van der Waals surface area contributed by atoms with E-state index in [0.29, 0.717) is 24.7 Å². The lowest BCUT2D eigenvalue weighted by Crippen LogP contribution is -2.36. The van der Waals surface area contributed by atoms with Crippen molar-refractivity contribution in [1.29, 1.82) is 0 Å². The highest BCUT2D eigenvalue weighted by molar-refractivity contribution is 7.85. The van der Waals surface area contributed by atoms with Crippen molar-refractivity contribution in [1.82, 2.24) is 14.9 Å². The Morgan fingerprint density at radius 1 is 1.50 bits per heavy atom. The molecule has 8 heteroatoms. The highest BCUT2D eigenvalue weighted by Gasteiger charge is 2.34. The first-order valence-corrected chi connectivity index (χ1v) is 8.64. The van der Waals surface area contributed by atoms with Crippen LogP contribution in [0.1, 0.15) is 32.8 Å². The van der Waals surface area contributed by atoms with Crippen LogP contribution in [0.4, 0.5) is 4.79 Å². The molecule has 1 saturated heterocycles. The van der Waals surface area contributed by atoms with Crippen molar-refractivity contribution in [3.8, 4) is 0 Å². The van der Waals surface area contributed by atoms with Crippen molar-refractivity contribution in [3.05, 3.63) is 16.9 Å². The Kier molecular flexibility index (Phi) is 5.07. The summed E-state index contributed by atoms with van der Waals surface area (Å²) in [7, 11) is -1.39. The van der Waals surface area contributed by atoms with Crippen LogP contribution in [0.3, 0.4) is 0 Å². The molecule has 1 amide bonds. The van der Waals surface area contributed by atoms with Crippen LogP contribution in [-0.4, -0.2) is 49.1 Å². The van der Waals surface area contributed by atoms with Crippen LogP contribution < -0.4 is 0 Å². The predicted octanol–water partition coefficient (Wildman–Crippen LogP) is 2.56. The van der Waals surface area contributed by atoms with Crippen LogP contribution in [0.15, 0.2) is 11.4 Å². The van der Waals surface area contributed by atoms with Crippen LogP contribution in [-0.2, 0) is 15.5 Å². The van der Waals surface area contributed by atoms with Crippen molar-refractivity contribution in [2.45, 2.75) is 50.1 Å². The molecule has 1 unspecified atom stereocenters. The number of aromatic nitrogens is 2. The molecule has 1 aliphatic heterocycles. The van der Waals surface area contributed by atoms with Gasteiger partial charge in [0.15, 0.2) is 0 Å². The van der Waals surface area contributed by atoms with Crippen LogP contribution in [0.2, 0.25) is 5.15 Å². The van der Waals surface area contributed by atoms with Crippen LogP contribution in [0, 0.1) is 6.92 Å². The number of halogens is 1. The average molecular weight is 346 g/mol. The summed E-state index contributed by atoms with van der Waals surface area (Å²) in [6.07, 6.45) is 1.80. The topological polar surface area (TPSA) is 72.4 Å². The molecule has 0 aromatic carbocycles. The molecule has 0 spiro atoms. The third-order valence-corrected chi connectivity index (χ3v) is 5.10. The van der Waals surface area contributed by atoms with Crippen molar-refractivity contribution in [3.63, 3.8) is 0 Å². The normalized spacial score (nSPS) is 20.0. The quantitative estimate of drug-likeness (QED) is 0.608. The van der Waals surface area contributed by atoms with Gasteiger partial charge in [0.2, 0.25) is 5.16 Å². The highest BCUT2D eigenvalue weighted by Crippen LogP contribution is 2.22. The third kappa shape index (κ3) is 4.16. The minimum Gasteiger partial charge on any atom is -0.444 e. The van der Waals surface area contributed by atoms with E-state index < -0.39 is 16.4 Å². The van der Waals surface area contributed by atoms with Crippen molar-refractivity contribution >= 4 is 28.5 Å². The van der Waals surface area contributed by atoms with E-state index in [2.05, 4.69) is 9.97 Å². The smallest absolute Gasteiger partial charge is 0.410 e. The Balaban J connectivity index is 2.02. The van der Waals surface area contributed by atoms with Gasteiger partial charge in [-0.3, -0.25) is 4.21 Å². The fourth-order valence-corrected chi connectivity index (χ4v) is 3.50. The van der Waals surface area contributed by atoms with E-state index >= 15 is 0 Å². The predicted molar refractivity (Wildman–Crippen MR) is 84.4 cm³/mol. The zero-order valence-electron chi connectivity index (χ0n) is 13.1. The molecule has 1 fully saturated rings. The monoisotopic (exact) mass is 345 g/mol. The number of hydrogen-bond acceptors (Lipinski definition) is 5. The summed E-state index contributed by atoms with van der Waals surface area (Å²) in [6.45, 7) is 8.13. The van der Waals surface area contributed by atoms with Crippen LogP contribution in [0.5, 0.6) is 0 Å². The van der Waals surface area contributed by atoms with Gasteiger partial charge < -0.3 is 9.64 Å². The molecular weight excluding hydrogens is 326 g/mol. The zero-order valence-corrected chi connectivity index (χ0v) is 14.7. The lowest BCUT2D eigenvalue weighted by atomic mass is 10.2. The van der Waals surface area contributed by atoms with E-state index in [1.807, 2.05) is 20.8 Å². The molecule has 2 atom stereocenters. The van der Waals surface area contributed by atoms with E-state index in [0.717, 1.165) is 5.56 Å². The number of amides is 1. The summed E-state index contributed by atoms with van der Waals surface area (Å²) < 4.78 is 17.8. The summed E-state index contributed by atoms with van der Waals surface area (Å²) in [5, 5.41) is 0.318. The van der Waals surface area contributed by atoms with E-state index in [4.69, 9.17) is 16.3 Å². The van der Waals surface area contributed by atoms with Gasteiger partial charge in [-0.1, -0.05) is 11.6 Å². The molecule has 0 radical (unpaired) electrons. The molecule has 2 heterocycles. The number of aryl methyl sites for hydroxylation is 1. The zero-order chi connectivity index (χ0) is 16.5. The second-order valence-electron chi connectivity index (χ2n) is 6.26. The summed E-state index contributed by atoms with van der Waals surface area (Å²) >= 11 is 5.95. The second kappa shape index (κ2) is 6.50. The molecule has 0 aliphatic carbocycles. The van der Waals surface area contributed by atoms with Gasteiger partial charge in [-0.15, -0.1) is 0 Å². The molecule has 0 saturated carbocycles. The Labute approximate surface area is 137 Å². The molecule has 122 valence electrons. The lowest BCUT2D eigenvalue weighted by Gasteiger charge is -2.24. The van der Waals surface area contributed by atoms with Gasteiger partial charge in [0.1, 0.15) is 10.8 Å². The Bertz CT molecular complexity index is 603. The number of carbonyl (C=O) groups is 1. The molecule has 6 nitrogen and oxygen atoms in total. The Hall–Kier alpha value is -1.21. The summed E-state index contributed by atoms with van der Waals surface area (Å²) in [4.78, 5) is 21.7. The van der Waals surface area contributed by atoms with Crippen molar-refractivity contribution in [2.24, 2.45) is 0 Å². The molecular formula is C14H20ClN3O3S. The second-order valence-corrected chi connectivity index (χ2v) is 8.25. The first-order valence-electron chi connectivity index (χ1n) is 7.05. The van der Waals surface area contributed by atoms with Crippen molar-refractivity contribution in [2.75, 3.05) is 13.1 Å². The number of likely N-dealkylation sites (tertiary alicyclic amines) is 1. The molecule has 1 aromatic rings. The van der Waals surface area contributed by atoms with Gasteiger partial charge in [-0.25, -0.2) is 14.8 Å². The van der Waals surface area contributed by atoms with Crippen LogP contribution >= 0.6 is 11.6 Å². The number of carbonyl (C=O) groups excluding carboxylic acids is 1. The largest absolute Gasteiger partial charge is 0.444 e. The minimum atomic E-state index is -1.39. The van der Waals surface area contributed by atoms with E-state index in [9.17, 15) is 9.00 Å². The molecule has 0 N–H and O–H groups in total. The Morgan fingerprint density at radius 2 is 2.18 bits per heavy atom. The fraction of sp³-hybridized carbons (Fsp3) is 0.643. The maximum Gasteiger partial charge on any atom is 0.410 e. The standard InChI is InChI=1S/C14H20ClN3O3S/c1-9-7-16-12(17-11(9)15)22(20)10-5-6-18(8-10)13(19)21-14(2,3)4/h7,10H,5-6,8H2,1-4H3/t10-,22?/m1/s1. The summed E-state index contributed by atoms with van der Waals surface area (Å²) in [5.74, 6) is 0. The summed E-state index contributed by atoms with van der Waals surface area (Å²) in [5.41, 5.74) is 0.200. The molecule has 1 aromatic heterocycles. The number of nitrogens with zero attached hydrogens (tertiary/aromatic N) is 3. The number of ether oxygens (including phenoxy) is 1. The molecule has 22 heavy (non-hydrogen) atoms. The average Bonchev–Trinajstić information content (AvgIpc) is 2.89. The minimum absolute atomic E-state index is 0.203.